The Kier molecular flexibility index (Phi) is 1.96. The van der Waals surface area contributed by atoms with Crippen LogP contribution in [0.5, 0.6) is 0 Å². The fraction of sp³-hybridized carbons (Fsp3) is 0.143. The first-order valence-corrected chi connectivity index (χ1v) is 2.77. The number of hydrogen-bond acceptors (Lipinski definition) is 2. The number of rotatable bonds is 0. The van der Waals surface area contributed by atoms with Gasteiger partial charge in [-0.1, -0.05) is 6.08 Å². The Balaban J connectivity index is 2.70. The fourth-order valence-corrected chi connectivity index (χ4v) is 0.534. The molecule has 0 bridgehead atoms. The summed E-state index contributed by atoms with van der Waals surface area (Å²) in [6.07, 6.45) is 8.64. The molecule has 1 aliphatic heterocycles. The predicted octanol–water partition coefficient (Wildman–Crippen LogP) is 1.10. The van der Waals surface area contributed by atoms with Crippen LogP contribution >= 0.6 is 0 Å². The van der Waals surface area contributed by atoms with Crippen molar-refractivity contribution in [2.24, 2.45) is 4.99 Å². The van der Waals surface area contributed by atoms with Crippen LogP contribution in [0.3, 0.4) is 0 Å². The van der Waals surface area contributed by atoms with Crippen molar-refractivity contribution in [2.45, 2.75) is 6.42 Å². The van der Waals surface area contributed by atoms with E-state index in [1.807, 2.05) is 0 Å². The Morgan fingerprint density at radius 3 is 3.22 bits per heavy atom. The van der Waals surface area contributed by atoms with Gasteiger partial charge in [-0.25, -0.2) is 0 Å². The zero-order valence-electron chi connectivity index (χ0n) is 4.95. The van der Waals surface area contributed by atoms with E-state index in [0.29, 0.717) is 6.42 Å². The van der Waals surface area contributed by atoms with E-state index in [2.05, 4.69) is 4.99 Å². The van der Waals surface area contributed by atoms with Crippen LogP contribution in [-0.2, 0) is 4.79 Å². The van der Waals surface area contributed by atoms with E-state index >= 15 is 0 Å². The second-order valence-electron chi connectivity index (χ2n) is 1.70. The third kappa shape index (κ3) is 2.04. The van der Waals surface area contributed by atoms with Gasteiger partial charge in [-0.05, 0) is 12.2 Å². The highest BCUT2D eigenvalue weighted by Crippen LogP contribution is 1.88. The zero-order chi connectivity index (χ0) is 6.53. The van der Waals surface area contributed by atoms with E-state index in [0.717, 1.165) is 0 Å². The van der Waals surface area contributed by atoms with Crippen molar-refractivity contribution in [1.29, 1.82) is 0 Å². The second kappa shape index (κ2) is 2.97. The van der Waals surface area contributed by atoms with Crippen LogP contribution in [0.2, 0.25) is 0 Å². The van der Waals surface area contributed by atoms with Gasteiger partial charge in [-0.15, -0.1) is 0 Å². The van der Waals surface area contributed by atoms with E-state index in [1.54, 1.807) is 30.6 Å². The molecule has 0 unspecified atom stereocenters. The summed E-state index contributed by atoms with van der Waals surface area (Å²) in [5, 5.41) is 0. The Labute approximate surface area is 53.6 Å². The normalized spacial score (nSPS) is 24.7. The molecule has 0 amide bonds. The lowest BCUT2D eigenvalue weighted by atomic mass is 10.2. The van der Waals surface area contributed by atoms with Gasteiger partial charge in [0, 0.05) is 18.8 Å². The van der Waals surface area contributed by atoms with Crippen molar-refractivity contribution >= 4 is 12.0 Å². The monoisotopic (exact) mass is 121 g/mol. The molecule has 0 N–H and O–H groups in total. The fourth-order valence-electron chi connectivity index (χ4n) is 0.534. The standard InChI is InChI=1S/C7H7NO/c9-7-3-1-2-5-8-6-4-7/h1-3,5-6H,4H2/b3-1-,5-2-,8-6?. The van der Waals surface area contributed by atoms with Gasteiger partial charge in [0.2, 0.25) is 0 Å². The molecule has 0 fully saturated rings. The topological polar surface area (TPSA) is 29.4 Å². The lowest BCUT2D eigenvalue weighted by Crippen LogP contribution is -1.92. The van der Waals surface area contributed by atoms with E-state index < -0.39 is 0 Å². The lowest BCUT2D eigenvalue weighted by molar-refractivity contribution is -0.113. The van der Waals surface area contributed by atoms with E-state index in [4.69, 9.17) is 0 Å². The molecule has 0 spiro atoms. The number of aliphatic imine (C=N–C) groups is 1. The molecule has 2 heteroatoms. The van der Waals surface area contributed by atoms with Crippen LogP contribution in [0.1, 0.15) is 6.42 Å². The largest absolute Gasteiger partial charge is 0.294 e. The van der Waals surface area contributed by atoms with Gasteiger partial charge in [0.05, 0.1) is 0 Å². The summed E-state index contributed by atoms with van der Waals surface area (Å²) >= 11 is 0. The molecule has 0 aliphatic carbocycles. The van der Waals surface area contributed by atoms with Crippen LogP contribution in [0.25, 0.3) is 0 Å². The van der Waals surface area contributed by atoms with E-state index in [-0.39, 0.29) is 5.78 Å². The maximum atomic E-state index is 10.6. The van der Waals surface area contributed by atoms with Crippen LogP contribution in [0.15, 0.2) is 29.4 Å². The molecule has 9 heavy (non-hydrogen) atoms. The summed E-state index contributed by atoms with van der Waals surface area (Å²) < 4.78 is 0. The third-order valence-electron chi connectivity index (χ3n) is 0.963. The third-order valence-corrected chi connectivity index (χ3v) is 0.963. The van der Waals surface area contributed by atoms with Crippen LogP contribution in [0.4, 0.5) is 0 Å². The predicted molar refractivity (Wildman–Crippen MR) is 36.4 cm³/mol. The van der Waals surface area contributed by atoms with Crippen LogP contribution in [-0.4, -0.2) is 12.0 Å². The minimum absolute atomic E-state index is 0.100. The van der Waals surface area contributed by atoms with Crippen molar-refractivity contribution in [2.75, 3.05) is 0 Å². The maximum absolute atomic E-state index is 10.6. The van der Waals surface area contributed by atoms with Gasteiger partial charge in [0.25, 0.3) is 0 Å². The SMILES string of the molecule is O=C1/C=C\C=C/N=CC1. The molecule has 0 radical (unpaired) electrons. The Hall–Kier alpha value is -1.18. The summed E-state index contributed by atoms with van der Waals surface area (Å²) in [7, 11) is 0. The molecular weight excluding hydrogens is 114 g/mol. The minimum Gasteiger partial charge on any atom is -0.294 e. The number of ketones is 1. The van der Waals surface area contributed by atoms with Gasteiger partial charge in [-0.2, -0.15) is 0 Å². The summed E-state index contributed by atoms with van der Waals surface area (Å²) in [4.78, 5) is 14.4. The molecule has 1 rings (SSSR count). The average molecular weight is 121 g/mol. The molecule has 46 valence electrons. The molecule has 0 atom stereocenters. The highest BCUT2D eigenvalue weighted by Gasteiger charge is 1.90. The summed E-state index contributed by atoms with van der Waals surface area (Å²) in [6, 6.07) is 0. The molecule has 0 aromatic carbocycles. The van der Waals surface area contributed by atoms with Gasteiger partial charge in [-0.3, -0.25) is 9.79 Å². The first-order chi connectivity index (χ1) is 4.39. The second-order valence-corrected chi connectivity index (χ2v) is 1.70. The molecule has 0 saturated carbocycles. The lowest BCUT2D eigenvalue weighted by Gasteiger charge is -1.86. The Morgan fingerprint density at radius 2 is 2.33 bits per heavy atom. The van der Waals surface area contributed by atoms with Crippen molar-refractivity contribution < 1.29 is 4.79 Å². The number of hydrogen-bond donors (Lipinski definition) is 0. The Morgan fingerprint density at radius 1 is 1.44 bits per heavy atom. The van der Waals surface area contributed by atoms with E-state index in [9.17, 15) is 4.79 Å². The van der Waals surface area contributed by atoms with Crippen LogP contribution in [0, 0.1) is 0 Å². The summed E-state index contributed by atoms with van der Waals surface area (Å²) in [5.41, 5.74) is 0. The van der Waals surface area contributed by atoms with Gasteiger partial charge < -0.3 is 0 Å². The van der Waals surface area contributed by atoms with Gasteiger partial charge in [0.15, 0.2) is 5.78 Å². The number of carbonyl (C=O) groups excluding carboxylic acids is 1. The number of allylic oxidation sites excluding steroid dienone is 3. The maximum Gasteiger partial charge on any atom is 0.161 e. The zero-order valence-corrected chi connectivity index (χ0v) is 4.95. The molecule has 2 nitrogen and oxygen atoms in total. The number of carbonyl (C=O) groups is 1. The van der Waals surface area contributed by atoms with Crippen molar-refractivity contribution in [3.63, 3.8) is 0 Å². The molecule has 1 aliphatic rings. The first-order valence-electron chi connectivity index (χ1n) is 2.77. The molecular formula is C7H7NO. The summed E-state index contributed by atoms with van der Waals surface area (Å²) in [5.74, 6) is 0.100. The minimum atomic E-state index is 0.100. The van der Waals surface area contributed by atoms with Crippen LogP contribution < -0.4 is 0 Å². The van der Waals surface area contributed by atoms with E-state index in [1.165, 1.54) is 0 Å². The number of nitrogens with zero attached hydrogens (tertiary/aromatic N) is 1. The summed E-state index contributed by atoms with van der Waals surface area (Å²) in [6.45, 7) is 0. The van der Waals surface area contributed by atoms with Crippen molar-refractivity contribution in [3.8, 4) is 0 Å². The Bertz CT molecular complexity index is 189. The van der Waals surface area contributed by atoms with Gasteiger partial charge >= 0.3 is 0 Å². The molecule has 0 aromatic rings. The molecule has 0 aromatic heterocycles. The highest BCUT2D eigenvalue weighted by atomic mass is 16.1. The van der Waals surface area contributed by atoms with Crippen molar-refractivity contribution in [3.05, 3.63) is 24.4 Å². The first kappa shape index (κ1) is 5.95. The van der Waals surface area contributed by atoms with Crippen molar-refractivity contribution in [1.82, 2.24) is 0 Å². The quantitative estimate of drug-likeness (QED) is 0.472. The van der Waals surface area contributed by atoms with Gasteiger partial charge in [0.1, 0.15) is 0 Å². The average Bonchev–Trinajstić information content (AvgIpc) is 1.79. The molecule has 1 heterocycles. The smallest absolute Gasteiger partial charge is 0.161 e. The highest BCUT2D eigenvalue weighted by molar-refractivity contribution is 5.99. The molecule has 0 saturated heterocycles.